The number of nitrogens with zero attached hydrogens (tertiary/aromatic N) is 2. The highest BCUT2D eigenvalue weighted by Gasteiger charge is 2.12. The van der Waals surface area contributed by atoms with E-state index in [1.807, 2.05) is 12.3 Å². The van der Waals surface area contributed by atoms with E-state index in [-0.39, 0.29) is 0 Å². The summed E-state index contributed by atoms with van der Waals surface area (Å²) < 4.78 is 2.24. The van der Waals surface area contributed by atoms with E-state index in [1.54, 1.807) is 0 Å². The lowest BCUT2D eigenvalue weighted by Gasteiger charge is -2.13. The summed E-state index contributed by atoms with van der Waals surface area (Å²) >= 11 is 0. The summed E-state index contributed by atoms with van der Waals surface area (Å²) in [6, 6.07) is 30.5. The first-order valence-electron chi connectivity index (χ1n) is 10.3. The second kappa shape index (κ2) is 7.31. The maximum atomic E-state index is 4.61. The van der Waals surface area contributed by atoms with Crippen LogP contribution in [-0.4, -0.2) is 9.55 Å². The third-order valence-corrected chi connectivity index (χ3v) is 5.91. The summed E-state index contributed by atoms with van der Waals surface area (Å²) in [5.74, 6) is 0. The minimum absolute atomic E-state index is 1.01. The van der Waals surface area contributed by atoms with Crippen molar-refractivity contribution < 1.29 is 0 Å². The largest absolute Gasteiger partial charge is 0.348 e. The van der Waals surface area contributed by atoms with Gasteiger partial charge in [0.25, 0.3) is 0 Å². The van der Waals surface area contributed by atoms with Gasteiger partial charge in [0, 0.05) is 35.4 Å². The van der Waals surface area contributed by atoms with E-state index >= 15 is 0 Å². The molecule has 0 unspecified atom stereocenters. The molecule has 2 aromatic heterocycles. The van der Waals surface area contributed by atoms with E-state index in [0.717, 1.165) is 11.3 Å². The molecule has 0 saturated carbocycles. The van der Waals surface area contributed by atoms with Gasteiger partial charge in [-0.05, 0) is 78.1 Å². The first kappa shape index (κ1) is 18.4. The van der Waals surface area contributed by atoms with Gasteiger partial charge in [0.15, 0.2) is 0 Å². The number of benzene rings is 3. The van der Waals surface area contributed by atoms with Crippen molar-refractivity contribution in [2.24, 2.45) is 7.05 Å². The first-order valence-corrected chi connectivity index (χ1v) is 10.3. The van der Waals surface area contributed by atoms with Gasteiger partial charge in [0.05, 0.1) is 5.69 Å². The summed E-state index contributed by atoms with van der Waals surface area (Å²) in [6.45, 7) is 4.26. The summed E-state index contributed by atoms with van der Waals surface area (Å²) in [6.07, 6.45) is 1.88. The molecular formula is C28H24N2. The van der Waals surface area contributed by atoms with E-state index < -0.39 is 0 Å². The minimum Gasteiger partial charge on any atom is -0.348 e. The van der Waals surface area contributed by atoms with Crippen LogP contribution in [0.3, 0.4) is 0 Å². The van der Waals surface area contributed by atoms with Crippen molar-refractivity contribution in [1.29, 1.82) is 0 Å². The van der Waals surface area contributed by atoms with Gasteiger partial charge in [-0.15, -0.1) is 0 Å². The molecule has 0 saturated heterocycles. The number of rotatable bonds is 3. The molecule has 2 heterocycles. The lowest BCUT2D eigenvalue weighted by molar-refractivity contribution is 0.918. The molecular weight excluding hydrogens is 364 g/mol. The van der Waals surface area contributed by atoms with Crippen molar-refractivity contribution in [3.05, 3.63) is 102 Å². The van der Waals surface area contributed by atoms with Crippen LogP contribution in [0.4, 0.5) is 0 Å². The molecule has 0 aliphatic rings. The third kappa shape index (κ3) is 3.21. The summed E-state index contributed by atoms with van der Waals surface area (Å²) in [4.78, 5) is 4.61. The molecule has 5 aromatic rings. The molecule has 0 fully saturated rings. The molecule has 0 aliphatic carbocycles. The molecule has 0 atom stereocenters. The number of aromatic nitrogens is 2. The van der Waals surface area contributed by atoms with Crippen molar-refractivity contribution in [2.75, 3.05) is 0 Å². The quantitative estimate of drug-likeness (QED) is 0.320. The Labute approximate surface area is 177 Å². The zero-order valence-electron chi connectivity index (χ0n) is 17.6. The predicted octanol–water partition coefficient (Wildman–Crippen LogP) is 7.19. The van der Waals surface area contributed by atoms with Gasteiger partial charge < -0.3 is 4.57 Å². The molecule has 0 aliphatic heterocycles. The summed E-state index contributed by atoms with van der Waals surface area (Å²) in [7, 11) is 2.12. The van der Waals surface area contributed by atoms with Gasteiger partial charge in [-0.3, -0.25) is 4.98 Å². The SMILES string of the molecule is Cc1ccnc(-c2ccc(-c3ccccc3)c(-c3ccc4c(c3)cc(C)n4C)c2)c1. The van der Waals surface area contributed by atoms with Crippen LogP contribution >= 0.6 is 0 Å². The fourth-order valence-corrected chi connectivity index (χ4v) is 4.16. The number of hydrogen-bond donors (Lipinski definition) is 0. The Kier molecular flexibility index (Phi) is 4.48. The van der Waals surface area contributed by atoms with Gasteiger partial charge in [0.2, 0.25) is 0 Å². The molecule has 3 aromatic carbocycles. The monoisotopic (exact) mass is 388 g/mol. The van der Waals surface area contributed by atoms with E-state index in [4.69, 9.17) is 0 Å². The second-order valence-electron chi connectivity index (χ2n) is 7.96. The van der Waals surface area contributed by atoms with Crippen LogP contribution in [0.15, 0.2) is 91.1 Å². The molecule has 2 nitrogen and oxygen atoms in total. The van der Waals surface area contributed by atoms with Crippen LogP contribution in [0.5, 0.6) is 0 Å². The van der Waals surface area contributed by atoms with Crippen molar-refractivity contribution >= 4 is 10.9 Å². The average Bonchev–Trinajstić information content (AvgIpc) is 3.07. The van der Waals surface area contributed by atoms with Crippen molar-refractivity contribution in [3.8, 4) is 33.5 Å². The topological polar surface area (TPSA) is 17.8 Å². The van der Waals surface area contributed by atoms with Crippen molar-refractivity contribution in [1.82, 2.24) is 9.55 Å². The maximum absolute atomic E-state index is 4.61. The van der Waals surface area contributed by atoms with Gasteiger partial charge in [-0.25, -0.2) is 0 Å². The maximum Gasteiger partial charge on any atom is 0.0704 e. The van der Waals surface area contributed by atoms with Crippen LogP contribution in [0.1, 0.15) is 11.3 Å². The first-order chi connectivity index (χ1) is 14.6. The zero-order valence-corrected chi connectivity index (χ0v) is 17.6. The zero-order chi connectivity index (χ0) is 20.7. The van der Waals surface area contributed by atoms with E-state index in [0.29, 0.717) is 0 Å². The van der Waals surface area contributed by atoms with Crippen molar-refractivity contribution in [2.45, 2.75) is 13.8 Å². The standard InChI is InChI=1S/C28H24N2/c1-19-13-14-29-27(15-19)23-9-11-25(21-7-5-4-6-8-21)26(18-23)22-10-12-28-24(17-22)16-20(2)30(28)3/h4-18H,1-3H3. The van der Waals surface area contributed by atoms with E-state index in [9.17, 15) is 0 Å². The van der Waals surface area contributed by atoms with Crippen molar-refractivity contribution in [3.63, 3.8) is 0 Å². The number of pyridine rings is 1. The fourth-order valence-electron chi connectivity index (χ4n) is 4.16. The van der Waals surface area contributed by atoms with E-state index in [1.165, 1.54) is 44.4 Å². The highest BCUT2D eigenvalue weighted by atomic mass is 14.9. The second-order valence-corrected chi connectivity index (χ2v) is 7.96. The molecule has 146 valence electrons. The Balaban J connectivity index is 1.74. The molecule has 0 amide bonds. The number of aryl methyl sites for hydroxylation is 3. The Bertz CT molecular complexity index is 1360. The summed E-state index contributed by atoms with van der Waals surface area (Å²) in [5.41, 5.74) is 10.8. The van der Waals surface area contributed by atoms with Crippen LogP contribution in [0.25, 0.3) is 44.4 Å². The summed E-state index contributed by atoms with van der Waals surface area (Å²) in [5, 5.41) is 1.27. The highest BCUT2D eigenvalue weighted by molar-refractivity contribution is 5.92. The molecule has 30 heavy (non-hydrogen) atoms. The molecule has 0 spiro atoms. The Hall–Kier alpha value is -3.65. The highest BCUT2D eigenvalue weighted by Crippen LogP contribution is 2.37. The van der Waals surface area contributed by atoms with E-state index in [2.05, 4.69) is 109 Å². The minimum atomic E-state index is 1.01. The molecule has 0 radical (unpaired) electrons. The molecule has 0 N–H and O–H groups in total. The lowest BCUT2D eigenvalue weighted by Crippen LogP contribution is -1.91. The average molecular weight is 389 g/mol. The number of hydrogen-bond acceptors (Lipinski definition) is 1. The molecule has 2 heteroatoms. The number of fused-ring (bicyclic) bond motifs is 1. The van der Waals surface area contributed by atoms with Gasteiger partial charge >= 0.3 is 0 Å². The molecule has 0 bridgehead atoms. The van der Waals surface area contributed by atoms with Gasteiger partial charge in [0.1, 0.15) is 0 Å². The van der Waals surface area contributed by atoms with Gasteiger partial charge in [-0.1, -0.05) is 48.5 Å². The van der Waals surface area contributed by atoms with Crippen LogP contribution in [0, 0.1) is 13.8 Å². The van der Waals surface area contributed by atoms with Crippen LogP contribution < -0.4 is 0 Å². The predicted molar refractivity (Wildman–Crippen MR) is 126 cm³/mol. The van der Waals surface area contributed by atoms with Crippen LogP contribution in [-0.2, 0) is 7.05 Å². The third-order valence-electron chi connectivity index (χ3n) is 5.91. The Morgan fingerprint density at radius 2 is 1.47 bits per heavy atom. The Morgan fingerprint density at radius 1 is 0.667 bits per heavy atom. The van der Waals surface area contributed by atoms with Gasteiger partial charge in [-0.2, -0.15) is 0 Å². The van der Waals surface area contributed by atoms with Crippen LogP contribution in [0.2, 0.25) is 0 Å². The normalized spacial score (nSPS) is 11.2. The molecule has 5 rings (SSSR count). The lowest BCUT2D eigenvalue weighted by atomic mass is 9.91. The smallest absolute Gasteiger partial charge is 0.0704 e. The fraction of sp³-hybridized carbons (Fsp3) is 0.107. The Morgan fingerprint density at radius 3 is 2.27 bits per heavy atom.